The first kappa shape index (κ1) is 14.2. The van der Waals surface area contributed by atoms with Gasteiger partial charge in [0.25, 0.3) is 0 Å². The van der Waals surface area contributed by atoms with Crippen LogP contribution in [0.2, 0.25) is 0 Å². The molecule has 20 heavy (non-hydrogen) atoms. The Labute approximate surface area is 123 Å². The second-order valence-electron chi connectivity index (χ2n) is 7.01. The van der Waals surface area contributed by atoms with Crippen molar-refractivity contribution in [3.05, 3.63) is 23.2 Å². The largest absolute Gasteiger partial charge is 0.466 e. The molecule has 0 spiro atoms. The topological polar surface area (TPSA) is 25.2 Å². The molecule has 4 unspecified atom stereocenters. The van der Waals surface area contributed by atoms with E-state index in [-0.39, 0.29) is 0 Å². The van der Waals surface area contributed by atoms with Crippen LogP contribution in [0.1, 0.15) is 68.1 Å². The van der Waals surface area contributed by atoms with Crippen molar-refractivity contribution in [2.24, 2.45) is 17.8 Å². The third-order valence-corrected chi connectivity index (χ3v) is 5.78. The van der Waals surface area contributed by atoms with Crippen molar-refractivity contribution in [2.75, 3.05) is 7.05 Å². The van der Waals surface area contributed by atoms with Gasteiger partial charge < -0.3 is 9.73 Å². The van der Waals surface area contributed by atoms with Crippen LogP contribution < -0.4 is 5.32 Å². The van der Waals surface area contributed by atoms with Crippen molar-refractivity contribution in [1.29, 1.82) is 0 Å². The second-order valence-corrected chi connectivity index (χ2v) is 7.01. The average Bonchev–Trinajstić information content (AvgIpc) is 2.78. The summed E-state index contributed by atoms with van der Waals surface area (Å²) in [5.74, 6) is 4.96. The summed E-state index contributed by atoms with van der Waals surface area (Å²) in [6, 6.07) is 2.72. The lowest BCUT2D eigenvalue weighted by molar-refractivity contribution is 0.111. The highest BCUT2D eigenvalue weighted by Crippen LogP contribution is 2.46. The maximum atomic E-state index is 5.75. The number of rotatable bonds is 3. The molecule has 0 saturated heterocycles. The minimum Gasteiger partial charge on any atom is -0.466 e. The SMILES string of the molecule is CNC(c1cc(C)oc1C)C1CCC2CCCCC2C1. The fourth-order valence-corrected chi connectivity index (χ4v) is 4.82. The number of hydrogen-bond donors (Lipinski definition) is 1. The van der Waals surface area contributed by atoms with Gasteiger partial charge in [-0.1, -0.05) is 25.7 Å². The maximum absolute atomic E-state index is 5.75. The quantitative estimate of drug-likeness (QED) is 0.860. The Morgan fingerprint density at radius 1 is 1.10 bits per heavy atom. The van der Waals surface area contributed by atoms with Crippen molar-refractivity contribution >= 4 is 0 Å². The summed E-state index contributed by atoms with van der Waals surface area (Å²) in [6.07, 6.45) is 10.1. The summed E-state index contributed by atoms with van der Waals surface area (Å²) < 4.78 is 5.75. The predicted octanol–water partition coefficient (Wildman–Crippen LogP) is 4.76. The molecule has 1 aromatic rings. The zero-order valence-electron chi connectivity index (χ0n) is 13.2. The molecule has 2 fully saturated rings. The average molecular weight is 275 g/mol. The molecule has 3 rings (SSSR count). The second kappa shape index (κ2) is 5.93. The summed E-state index contributed by atoms with van der Waals surface area (Å²) in [4.78, 5) is 0. The monoisotopic (exact) mass is 275 g/mol. The zero-order valence-corrected chi connectivity index (χ0v) is 13.2. The van der Waals surface area contributed by atoms with Crippen LogP contribution in [0.4, 0.5) is 0 Å². The molecule has 0 bridgehead atoms. The van der Waals surface area contributed by atoms with E-state index in [0.29, 0.717) is 6.04 Å². The van der Waals surface area contributed by atoms with Crippen molar-refractivity contribution in [1.82, 2.24) is 5.32 Å². The van der Waals surface area contributed by atoms with Gasteiger partial charge in [0.1, 0.15) is 11.5 Å². The lowest BCUT2D eigenvalue weighted by Crippen LogP contribution is -2.34. The van der Waals surface area contributed by atoms with Crippen LogP contribution in [-0.2, 0) is 0 Å². The smallest absolute Gasteiger partial charge is 0.105 e. The highest BCUT2D eigenvalue weighted by molar-refractivity contribution is 5.25. The highest BCUT2D eigenvalue weighted by atomic mass is 16.3. The van der Waals surface area contributed by atoms with E-state index >= 15 is 0 Å². The minimum absolute atomic E-state index is 0.482. The lowest BCUT2D eigenvalue weighted by atomic mass is 9.65. The number of furan rings is 1. The molecule has 2 saturated carbocycles. The van der Waals surface area contributed by atoms with Gasteiger partial charge in [0.15, 0.2) is 0 Å². The standard InChI is InChI=1S/C18H29NO/c1-12-10-17(13(2)20-12)18(19-3)16-9-8-14-6-4-5-7-15(14)11-16/h10,14-16,18-19H,4-9,11H2,1-3H3. The van der Waals surface area contributed by atoms with E-state index < -0.39 is 0 Å². The van der Waals surface area contributed by atoms with Crippen LogP contribution in [0.3, 0.4) is 0 Å². The summed E-state index contributed by atoms with van der Waals surface area (Å²) in [5.41, 5.74) is 1.39. The molecule has 2 heteroatoms. The number of nitrogens with one attached hydrogen (secondary N) is 1. The van der Waals surface area contributed by atoms with Crippen molar-refractivity contribution in [3.8, 4) is 0 Å². The predicted molar refractivity (Wildman–Crippen MR) is 82.8 cm³/mol. The number of aryl methyl sites for hydroxylation is 2. The Hall–Kier alpha value is -0.760. The Kier molecular flexibility index (Phi) is 4.21. The van der Waals surface area contributed by atoms with Crippen molar-refractivity contribution < 1.29 is 4.42 Å². The van der Waals surface area contributed by atoms with Crippen LogP contribution in [0, 0.1) is 31.6 Å². The molecular weight excluding hydrogens is 246 g/mol. The summed E-state index contributed by atoms with van der Waals surface area (Å²) >= 11 is 0. The zero-order chi connectivity index (χ0) is 14.1. The Morgan fingerprint density at radius 2 is 1.85 bits per heavy atom. The molecular formula is C18H29NO. The molecule has 112 valence electrons. The van der Waals surface area contributed by atoms with E-state index in [1.54, 1.807) is 0 Å². The first-order chi connectivity index (χ1) is 9.69. The summed E-state index contributed by atoms with van der Waals surface area (Å²) in [5, 5.41) is 3.58. The van der Waals surface area contributed by atoms with Gasteiger partial charge in [-0.15, -0.1) is 0 Å². The molecule has 1 aromatic heterocycles. The number of hydrogen-bond acceptors (Lipinski definition) is 2. The molecule has 2 aliphatic carbocycles. The minimum atomic E-state index is 0.482. The van der Waals surface area contributed by atoms with Crippen molar-refractivity contribution in [2.45, 2.75) is 64.8 Å². The molecule has 1 N–H and O–H groups in total. The van der Waals surface area contributed by atoms with Crippen LogP contribution in [0.25, 0.3) is 0 Å². The molecule has 0 aromatic carbocycles. The molecule has 0 radical (unpaired) electrons. The maximum Gasteiger partial charge on any atom is 0.105 e. The molecule has 2 nitrogen and oxygen atoms in total. The van der Waals surface area contributed by atoms with Gasteiger partial charge in [-0.2, -0.15) is 0 Å². The Bertz CT molecular complexity index is 450. The number of fused-ring (bicyclic) bond motifs is 1. The molecule has 0 amide bonds. The fraction of sp³-hybridized carbons (Fsp3) is 0.778. The van der Waals surface area contributed by atoms with Crippen LogP contribution in [0.15, 0.2) is 10.5 Å². The normalized spacial score (nSPS) is 31.9. The fourth-order valence-electron chi connectivity index (χ4n) is 4.82. The van der Waals surface area contributed by atoms with Gasteiger partial charge in [0.2, 0.25) is 0 Å². The van der Waals surface area contributed by atoms with Gasteiger partial charge in [-0.3, -0.25) is 0 Å². The molecule has 1 heterocycles. The van der Waals surface area contributed by atoms with Crippen molar-refractivity contribution in [3.63, 3.8) is 0 Å². The van der Waals surface area contributed by atoms with Gasteiger partial charge in [0, 0.05) is 11.6 Å². The van der Waals surface area contributed by atoms with Gasteiger partial charge in [-0.25, -0.2) is 0 Å². The van der Waals surface area contributed by atoms with Gasteiger partial charge in [0.05, 0.1) is 0 Å². The van der Waals surface area contributed by atoms with E-state index in [0.717, 1.165) is 29.3 Å². The third kappa shape index (κ3) is 2.67. The summed E-state index contributed by atoms with van der Waals surface area (Å²) in [6.45, 7) is 4.17. The van der Waals surface area contributed by atoms with E-state index in [1.165, 1.54) is 50.5 Å². The summed E-state index contributed by atoms with van der Waals surface area (Å²) in [7, 11) is 2.11. The van der Waals surface area contributed by atoms with E-state index in [1.807, 2.05) is 0 Å². The Morgan fingerprint density at radius 3 is 2.50 bits per heavy atom. The molecule has 4 atom stereocenters. The van der Waals surface area contributed by atoms with Crippen LogP contribution in [0.5, 0.6) is 0 Å². The molecule has 0 aliphatic heterocycles. The van der Waals surface area contributed by atoms with Crippen LogP contribution >= 0.6 is 0 Å². The highest BCUT2D eigenvalue weighted by Gasteiger charge is 2.36. The van der Waals surface area contributed by atoms with E-state index in [9.17, 15) is 0 Å². The first-order valence-corrected chi connectivity index (χ1v) is 8.43. The lowest BCUT2D eigenvalue weighted by Gasteiger charge is -2.42. The van der Waals surface area contributed by atoms with Crippen LogP contribution in [-0.4, -0.2) is 7.05 Å². The third-order valence-electron chi connectivity index (χ3n) is 5.78. The van der Waals surface area contributed by atoms with E-state index in [4.69, 9.17) is 4.42 Å². The van der Waals surface area contributed by atoms with E-state index in [2.05, 4.69) is 32.3 Å². The first-order valence-electron chi connectivity index (χ1n) is 8.43. The van der Waals surface area contributed by atoms with Gasteiger partial charge in [-0.05, 0) is 64.0 Å². The van der Waals surface area contributed by atoms with Gasteiger partial charge >= 0.3 is 0 Å². The Balaban J connectivity index is 1.75. The molecule has 2 aliphatic rings.